The molecule has 0 fully saturated rings. The minimum atomic E-state index is 0.562. The molecule has 0 bridgehead atoms. The number of unbranched alkanes of at least 4 members (excludes halogenated alkanes) is 1. The third-order valence-corrected chi connectivity index (χ3v) is 1.66. The minimum Gasteiger partial charge on any atom is -0.272 e. The second-order valence-electron chi connectivity index (χ2n) is 1.70. The quantitative estimate of drug-likeness (QED) is 0.540. The average Bonchev–Trinajstić information content (AvgIpc) is 1.83. The third kappa shape index (κ3) is 4.19. The van der Waals surface area contributed by atoms with E-state index in [1.54, 1.807) is 0 Å². The van der Waals surface area contributed by atoms with Gasteiger partial charge in [0.2, 0.25) is 0 Å². The Morgan fingerprint density at radius 1 is 1.62 bits per heavy atom. The van der Waals surface area contributed by atoms with Crippen LogP contribution >= 0.6 is 11.8 Å². The van der Waals surface area contributed by atoms with Crippen LogP contribution in [-0.2, 0) is 0 Å². The summed E-state index contributed by atoms with van der Waals surface area (Å²) in [6.07, 6.45) is 5.01. The van der Waals surface area contributed by atoms with Crippen LogP contribution in [0.1, 0.15) is 26.2 Å². The van der Waals surface area contributed by atoms with Gasteiger partial charge < -0.3 is 0 Å². The fraction of sp³-hybridized carbons (Fsp3) is 0.833. The van der Waals surface area contributed by atoms with Gasteiger partial charge in [0.1, 0.15) is 0 Å². The molecule has 0 aliphatic heterocycles. The van der Waals surface area contributed by atoms with E-state index in [0.29, 0.717) is 5.12 Å². The van der Waals surface area contributed by atoms with Crippen molar-refractivity contribution in [2.24, 2.45) is 0 Å². The SMILES string of the molecule is CCCCC(=[OH+])SC. The highest BCUT2D eigenvalue weighted by Gasteiger charge is 2.02. The summed E-state index contributed by atoms with van der Waals surface area (Å²) in [6, 6.07) is 0. The molecule has 8 heavy (non-hydrogen) atoms. The van der Waals surface area contributed by atoms with Crippen molar-refractivity contribution in [2.45, 2.75) is 26.2 Å². The van der Waals surface area contributed by atoms with E-state index in [-0.39, 0.29) is 0 Å². The van der Waals surface area contributed by atoms with E-state index in [0.717, 1.165) is 19.3 Å². The van der Waals surface area contributed by atoms with Crippen molar-refractivity contribution in [1.29, 1.82) is 0 Å². The summed E-state index contributed by atoms with van der Waals surface area (Å²) < 4.78 is 0. The Morgan fingerprint density at radius 3 is 2.62 bits per heavy atom. The van der Waals surface area contributed by atoms with Gasteiger partial charge in [-0.1, -0.05) is 13.3 Å². The van der Waals surface area contributed by atoms with Crippen LogP contribution in [-0.4, -0.2) is 16.2 Å². The predicted octanol–water partition coefficient (Wildman–Crippen LogP) is 2.04. The van der Waals surface area contributed by atoms with E-state index in [2.05, 4.69) is 6.92 Å². The zero-order chi connectivity index (χ0) is 6.41. The number of rotatable bonds is 3. The maximum Gasteiger partial charge on any atom is 0.350 e. The first-order chi connectivity index (χ1) is 3.81. The van der Waals surface area contributed by atoms with Gasteiger partial charge in [0.25, 0.3) is 0 Å². The van der Waals surface area contributed by atoms with Gasteiger partial charge in [0.05, 0.1) is 6.42 Å². The van der Waals surface area contributed by atoms with Crippen LogP contribution < -0.4 is 0 Å². The van der Waals surface area contributed by atoms with Crippen LogP contribution in [0.4, 0.5) is 0 Å². The van der Waals surface area contributed by atoms with Crippen molar-refractivity contribution in [3.8, 4) is 0 Å². The van der Waals surface area contributed by atoms with Crippen LogP contribution in [0.2, 0.25) is 0 Å². The van der Waals surface area contributed by atoms with E-state index in [9.17, 15) is 0 Å². The number of carbonyl (C=O) groups excluding carboxylic acids is 1. The molecule has 0 aromatic heterocycles. The second kappa shape index (κ2) is 5.16. The third-order valence-electron chi connectivity index (χ3n) is 0.980. The van der Waals surface area contributed by atoms with E-state index in [1.165, 1.54) is 11.8 Å². The molecule has 0 aliphatic carbocycles. The highest BCUT2D eigenvalue weighted by atomic mass is 32.2. The summed E-state index contributed by atoms with van der Waals surface area (Å²) in [7, 11) is 0. The van der Waals surface area contributed by atoms with Crippen LogP contribution in [0, 0.1) is 0 Å². The molecule has 0 rings (SSSR count). The van der Waals surface area contributed by atoms with Gasteiger partial charge in [0.15, 0.2) is 0 Å². The molecular formula is C6H13OS+. The largest absolute Gasteiger partial charge is 0.350 e. The molecule has 0 spiro atoms. The predicted molar refractivity (Wildman–Crippen MR) is 40.0 cm³/mol. The molecule has 0 radical (unpaired) electrons. The molecule has 2 heteroatoms. The lowest BCUT2D eigenvalue weighted by molar-refractivity contribution is 0.662. The van der Waals surface area contributed by atoms with Crippen molar-refractivity contribution in [3.05, 3.63) is 0 Å². The summed E-state index contributed by atoms with van der Waals surface area (Å²) in [6.45, 7) is 2.12. The summed E-state index contributed by atoms with van der Waals surface area (Å²) in [4.78, 5) is 8.87. The van der Waals surface area contributed by atoms with Crippen LogP contribution in [0.3, 0.4) is 0 Å². The number of hydrogen-bond acceptors (Lipinski definition) is 1. The van der Waals surface area contributed by atoms with Gasteiger partial charge in [-0.15, -0.1) is 0 Å². The molecule has 0 atom stereocenters. The Morgan fingerprint density at radius 2 is 2.25 bits per heavy atom. The fourth-order valence-electron chi connectivity index (χ4n) is 0.430. The van der Waals surface area contributed by atoms with Gasteiger partial charge in [-0.25, -0.2) is 0 Å². The molecule has 48 valence electrons. The summed E-state index contributed by atoms with van der Waals surface area (Å²) in [5.74, 6) is 0. The highest BCUT2D eigenvalue weighted by molar-refractivity contribution is 8.13. The monoisotopic (exact) mass is 133 g/mol. The van der Waals surface area contributed by atoms with Crippen molar-refractivity contribution >= 4 is 16.9 Å². The minimum absolute atomic E-state index is 0.562. The normalized spacial score (nSPS) is 9.25. The van der Waals surface area contributed by atoms with Crippen molar-refractivity contribution < 1.29 is 4.79 Å². The Bertz CT molecular complexity index is 70.9. The van der Waals surface area contributed by atoms with Gasteiger partial charge in [0, 0.05) is 0 Å². The first-order valence-electron chi connectivity index (χ1n) is 2.90. The second-order valence-corrected chi connectivity index (χ2v) is 2.58. The zero-order valence-electron chi connectivity index (χ0n) is 5.48. The van der Waals surface area contributed by atoms with Gasteiger partial charge in [-0.2, -0.15) is 0 Å². The first kappa shape index (κ1) is 8.02. The van der Waals surface area contributed by atoms with Crippen LogP contribution in [0.5, 0.6) is 0 Å². The van der Waals surface area contributed by atoms with Gasteiger partial charge in [-0.05, 0) is 24.4 Å². The smallest absolute Gasteiger partial charge is 0.272 e. The Kier molecular flexibility index (Phi) is 5.18. The van der Waals surface area contributed by atoms with Gasteiger partial charge >= 0.3 is 5.12 Å². The highest BCUT2D eigenvalue weighted by Crippen LogP contribution is 2.03. The lowest BCUT2D eigenvalue weighted by Crippen LogP contribution is -1.88. The van der Waals surface area contributed by atoms with Crippen LogP contribution in [0.25, 0.3) is 0 Å². The van der Waals surface area contributed by atoms with Crippen molar-refractivity contribution in [2.75, 3.05) is 6.26 Å². The van der Waals surface area contributed by atoms with Crippen molar-refractivity contribution in [3.63, 3.8) is 0 Å². The van der Waals surface area contributed by atoms with E-state index in [1.807, 2.05) is 6.26 Å². The van der Waals surface area contributed by atoms with Gasteiger partial charge in [-0.3, -0.25) is 4.79 Å². The molecule has 0 aromatic carbocycles. The molecule has 1 nitrogen and oxygen atoms in total. The summed E-state index contributed by atoms with van der Waals surface area (Å²) in [5, 5.41) is 0.562. The maximum absolute atomic E-state index is 8.87. The summed E-state index contributed by atoms with van der Waals surface area (Å²) >= 11 is 1.44. The molecular weight excluding hydrogens is 120 g/mol. The van der Waals surface area contributed by atoms with E-state index < -0.39 is 0 Å². The molecule has 0 aliphatic rings. The Hall–Kier alpha value is 0.0200. The number of hydrogen-bond donors (Lipinski definition) is 0. The van der Waals surface area contributed by atoms with Crippen molar-refractivity contribution in [1.82, 2.24) is 0 Å². The van der Waals surface area contributed by atoms with Crippen LogP contribution in [0.15, 0.2) is 0 Å². The molecule has 0 aromatic rings. The Balaban J connectivity index is 2.99. The maximum atomic E-state index is 8.87. The molecule has 0 saturated carbocycles. The lowest BCUT2D eigenvalue weighted by Gasteiger charge is -1.85. The molecule has 0 heterocycles. The standard InChI is InChI=1S/C6H12OS/c1-3-4-5-6(7)8-2/h3-5H2,1-2H3/p+1. The molecule has 0 saturated heterocycles. The topological polar surface area (TPSA) is 21.4 Å². The molecule has 0 amide bonds. The van der Waals surface area contributed by atoms with E-state index >= 15 is 0 Å². The zero-order valence-corrected chi connectivity index (χ0v) is 6.29. The molecule has 0 unspecified atom stereocenters. The Labute approximate surface area is 54.8 Å². The first-order valence-corrected chi connectivity index (χ1v) is 4.12. The molecule has 1 N–H and O–H groups in total. The average molecular weight is 133 g/mol. The lowest BCUT2D eigenvalue weighted by atomic mass is 10.3. The van der Waals surface area contributed by atoms with E-state index in [4.69, 9.17) is 4.79 Å². The fourth-order valence-corrected chi connectivity index (χ4v) is 0.779. The number of thioether (sulfide) groups is 1. The summed E-state index contributed by atoms with van der Waals surface area (Å²) in [5.41, 5.74) is 0.